The third-order valence-corrected chi connectivity index (χ3v) is 5.37. The van der Waals surface area contributed by atoms with Crippen LogP contribution in [0.5, 0.6) is 11.5 Å². The molecule has 5 heteroatoms. The fraction of sp³-hybridized carbons (Fsp3) is 0.240. The molecule has 0 saturated heterocycles. The Kier molecular flexibility index (Phi) is 5.89. The van der Waals surface area contributed by atoms with Gasteiger partial charge in [-0.3, -0.25) is 4.79 Å². The van der Waals surface area contributed by atoms with Gasteiger partial charge in [-0.2, -0.15) is 0 Å². The number of benzene rings is 3. The Bertz CT molecular complexity index is 1020. The number of nitrogens with one attached hydrogen (secondary N) is 1. The molecule has 1 aliphatic rings. The minimum atomic E-state index is -0.270. The molecule has 0 aromatic heterocycles. The third-order valence-electron chi connectivity index (χ3n) is 5.37. The largest absolute Gasteiger partial charge is 0.493 e. The van der Waals surface area contributed by atoms with E-state index in [4.69, 9.17) is 9.47 Å². The second kappa shape index (κ2) is 8.91. The van der Waals surface area contributed by atoms with Gasteiger partial charge < -0.3 is 19.7 Å². The second-order valence-corrected chi connectivity index (χ2v) is 7.36. The summed E-state index contributed by atoms with van der Waals surface area (Å²) < 4.78 is 11.5. The van der Waals surface area contributed by atoms with Crippen molar-refractivity contribution in [1.82, 2.24) is 4.90 Å². The molecule has 3 aromatic rings. The van der Waals surface area contributed by atoms with Crippen molar-refractivity contribution >= 4 is 11.6 Å². The molecule has 1 heterocycles. The molecule has 30 heavy (non-hydrogen) atoms. The van der Waals surface area contributed by atoms with Crippen molar-refractivity contribution in [1.29, 1.82) is 0 Å². The van der Waals surface area contributed by atoms with E-state index in [0.29, 0.717) is 23.7 Å². The molecule has 1 N–H and O–H groups in total. The number of hydrogen-bond acceptors (Lipinski definition) is 4. The average Bonchev–Trinajstić information content (AvgIpc) is 2.80. The first-order valence-corrected chi connectivity index (χ1v) is 10.1. The van der Waals surface area contributed by atoms with Gasteiger partial charge in [0.1, 0.15) is 6.17 Å². The van der Waals surface area contributed by atoms with Gasteiger partial charge in [0.15, 0.2) is 11.5 Å². The highest BCUT2D eigenvalue weighted by Gasteiger charge is 2.30. The summed E-state index contributed by atoms with van der Waals surface area (Å²) in [4.78, 5) is 14.4. The molecule has 0 radical (unpaired) electrons. The first-order chi connectivity index (χ1) is 14.7. The summed E-state index contributed by atoms with van der Waals surface area (Å²) in [7, 11) is 3.44. The topological polar surface area (TPSA) is 50.8 Å². The lowest BCUT2D eigenvalue weighted by Gasteiger charge is -2.35. The SMILES string of the molecule is COc1cc(C2Nc3ccccc3C(=O)N2C)ccc1OCCCc1ccccc1. The predicted molar refractivity (Wildman–Crippen MR) is 118 cm³/mol. The van der Waals surface area contributed by atoms with Gasteiger partial charge in [-0.15, -0.1) is 0 Å². The Morgan fingerprint density at radius 1 is 0.967 bits per heavy atom. The Labute approximate surface area is 177 Å². The fourth-order valence-corrected chi connectivity index (χ4v) is 3.73. The van der Waals surface area contributed by atoms with Crippen LogP contribution in [0.3, 0.4) is 0 Å². The van der Waals surface area contributed by atoms with E-state index in [1.54, 1.807) is 19.1 Å². The highest BCUT2D eigenvalue weighted by molar-refractivity contribution is 6.01. The molecular formula is C25H26N2O3. The Hall–Kier alpha value is -3.47. The number of hydrogen-bond donors (Lipinski definition) is 1. The standard InChI is InChI=1S/C25H26N2O3/c1-27-24(26-21-13-7-6-12-20(21)25(27)28)19-14-15-22(23(17-19)29-2)30-16-8-11-18-9-4-3-5-10-18/h3-7,9-10,12-15,17,24,26H,8,11,16H2,1-2H3. The summed E-state index contributed by atoms with van der Waals surface area (Å²) in [5.74, 6) is 1.36. The van der Waals surface area contributed by atoms with Gasteiger partial charge in [0.05, 0.1) is 19.3 Å². The van der Waals surface area contributed by atoms with Crippen molar-refractivity contribution in [2.45, 2.75) is 19.0 Å². The van der Waals surface area contributed by atoms with E-state index in [1.807, 2.05) is 48.5 Å². The maximum Gasteiger partial charge on any atom is 0.257 e. The van der Waals surface area contributed by atoms with E-state index in [-0.39, 0.29) is 12.1 Å². The Balaban J connectivity index is 1.45. The number of fused-ring (bicyclic) bond motifs is 1. The summed E-state index contributed by atoms with van der Waals surface area (Å²) in [6.07, 6.45) is 1.63. The molecule has 1 unspecified atom stereocenters. The first kappa shape index (κ1) is 19.8. The summed E-state index contributed by atoms with van der Waals surface area (Å²) in [6, 6.07) is 23.8. The van der Waals surface area contributed by atoms with Crippen LogP contribution < -0.4 is 14.8 Å². The molecule has 4 rings (SSSR count). The number of amides is 1. The van der Waals surface area contributed by atoms with Crippen molar-refractivity contribution in [3.8, 4) is 11.5 Å². The molecule has 1 amide bonds. The van der Waals surface area contributed by atoms with E-state index in [9.17, 15) is 4.79 Å². The molecule has 1 aliphatic heterocycles. The smallest absolute Gasteiger partial charge is 0.257 e. The predicted octanol–water partition coefficient (Wildman–Crippen LogP) is 4.90. The number of nitrogens with zero attached hydrogens (tertiary/aromatic N) is 1. The van der Waals surface area contributed by atoms with Crippen LogP contribution in [-0.4, -0.2) is 31.6 Å². The zero-order valence-corrected chi connectivity index (χ0v) is 17.3. The van der Waals surface area contributed by atoms with E-state index in [1.165, 1.54) is 5.56 Å². The van der Waals surface area contributed by atoms with Gasteiger partial charge in [0, 0.05) is 12.7 Å². The maximum atomic E-state index is 12.7. The number of anilines is 1. The molecule has 0 saturated carbocycles. The van der Waals surface area contributed by atoms with Gasteiger partial charge >= 0.3 is 0 Å². The van der Waals surface area contributed by atoms with Crippen molar-refractivity contribution in [2.24, 2.45) is 0 Å². The lowest BCUT2D eigenvalue weighted by Crippen LogP contribution is -2.40. The monoisotopic (exact) mass is 402 g/mol. The zero-order valence-electron chi connectivity index (χ0n) is 17.3. The van der Waals surface area contributed by atoms with Crippen molar-refractivity contribution in [2.75, 3.05) is 26.1 Å². The van der Waals surface area contributed by atoms with Gasteiger partial charge in [0.25, 0.3) is 5.91 Å². The molecule has 0 aliphatic carbocycles. The quantitative estimate of drug-likeness (QED) is 0.571. The van der Waals surface area contributed by atoms with E-state index in [0.717, 1.165) is 24.1 Å². The average molecular weight is 402 g/mol. The zero-order chi connectivity index (χ0) is 20.9. The summed E-state index contributed by atoms with van der Waals surface area (Å²) in [5.41, 5.74) is 3.76. The van der Waals surface area contributed by atoms with E-state index >= 15 is 0 Å². The number of aryl methyl sites for hydroxylation is 1. The molecule has 1 atom stereocenters. The molecular weight excluding hydrogens is 376 g/mol. The van der Waals surface area contributed by atoms with Crippen LogP contribution in [0.4, 0.5) is 5.69 Å². The minimum Gasteiger partial charge on any atom is -0.493 e. The number of rotatable bonds is 7. The molecule has 3 aromatic carbocycles. The number of methoxy groups -OCH3 is 1. The highest BCUT2D eigenvalue weighted by Crippen LogP contribution is 2.36. The van der Waals surface area contributed by atoms with Crippen molar-refractivity contribution in [3.63, 3.8) is 0 Å². The molecule has 5 nitrogen and oxygen atoms in total. The van der Waals surface area contributed by atoms with E-state index < -0.39 is 0 Å². The van der Waals surface area contributed by atoms with Crippen LogP contribution in [0.1, 0.15) is 34.1 Å². The molecule has 0 spiro atoms. The van der Waals surface area contributed by atoms with Crippen LogP contribution in [-0.2, 0) is 6.42 Å². The number of carbonyl (C=O) groups excluding carboxylic acids is 1. The fourth-order valence-electron chi connectivity index (χ4n) is 3.73. The number of para-hydroxylation sites is 1. The van der Waals surface area contributed by atoms with Crippen molar-refractivity contribution < 1.29 is 14.3 Å². The third kappa shape index (κ3) is 4.10. The number of ether oxygens (including phenoxy) is 2. The van der Waals surface area contributed by atoms with Crippen LogP contribution in [0.25, 0.3) is 0 Å². The van der Waals surface area contributed by atoms with Gasteiger partial charge in [-0.25, -0.2) is 0 Å². The summed E-state index contributed by atoms with van der Waals surface area (Å²) in [5, 5.41) is 3.44. The van der Waals surface area contributed by atoms with Crippen LogP contribution in [0.15, 0.2) is 72.8 Å². The first-order valence-electron chi connectivity index (χ1n) is 10.1. The van der Waals surface area contributed by atoms with Gasteiger partial charge in [-0.05, 0) is 48.2 Å². The lowest BCUT2D eigenvalue weighted by atomic mass is 10.0. The van der Waals surface area contributed by atoms with Gasteiger partial charge in [-0.1, -0.05) is 48.5 Å². The maximum absolute atomic E-state index is 12.7. The summed E-state index contributed by atoms with van der Waals surface area (Å²) >= 11 is 0. The summed E-state index contributed by atoms with van der Waals surface area (Å²) in [6.45, 7) is 0.609. The molecule has 0 fully saturated rings. The highest BCUT2D eigenvalue weighted by atomic mass is 16.5. The van der Waals surface area contributed by atoms with Crippen LogP contribution in [0, 0.1) is 0 Å². The Morgan fingerprint density at radius 3 is 2.53 bits per heavy atom. The molecule has 154 valence electrons. The van der Waals surface area contributed by atoms with Crippen molar-refractivity contribution in [3.05, 3.63) is 89.5 Å². The van der Waals surface area contributed by atoms with Crippen LogP contribution in [0.2, 0.25) is 0 Å². The van der Waals surface area contributed by atoms with Crippen LogP contribution >= 0.6 is 0 Å². The minimum absolute atomic E-state index is 0.00504. The van der Waals surface area contributed by atoms with Gasteiger partial charge in [0.2, 0.25) is 0 Å². The molecule has 0 bridgehead atoms. The Morgan fingerprint density at radius 2 is 1.73 bits per heavy atom. The second-order valence-electron chi connectivity index (χ2n) is 7.36. The van der Waals surface area contributed by atoms with E-state index in [2.05, 4.69) is 29.6 Å². The lowest BCUT2D eigenvalue weighted by molar-refractivity contribution is 0.0735. The number of carbonyl (C=O) groups is 1. The normalized spacial score (nSPS) is 15.3.